The van der Waals surface area contributed by atoms with Crippen molar-refractivity contribution in [1.29, 1.82) is 0 Å². The molecule has 1 fully saturated rings. The maximum atomic E-state index is 13.9. The van der Waals surface area contributed by atoms with Gasteiger partial charge in [0.1, 0.15) is 12.1 Å². The number of aromatic nitrogens is 3. The second-order valence-electron chi connectivity index (χ2n) is 9.66. The van der Waals surface area contributed by atoms with Gasteiger partial charge >= 0.3 is 0 Å². The first-order chi connectivity index (χ1) is 16.9. The van der Waals surface area contributed by atoms with Gasteiger partial charge in [0, 0.05) is 37.0 Å². The van der Waals surface area contributed by atoms with Crippen molar-refractivity contribution in [3.05, 3.63) is 82.0 Å². The molecule has 4 aromatic rings. The summed E-state index contributed by atoms with van der Waals surface area (Å²) < 4.78 is 1.48. The van der Waals surface area contributed by atoms with Crippen LogP contribution in [0, 0.1) is 13.8 Å². The lowest BCUT2D eigenvalue weighted by Gasteiger charge is -2.23. The second-order valence-corrected chi connectivity index (χ2v) is 9.66. The van der Waals surface area contributed by atoms with Gasteiger partial charge in [0.15, 0.2) is 5.65 Å². The molecule has 0 amide bonds. The van der Waals surface area contributed by atoms with E-state index in [4.69, 9.17) is 0 Å². The predicted octanol–water partition coefficient (Wildman–Crippen LogP) is 3.95. The summed E-state index contributed by atoms with van der Waals surface area (Å²) in [4.78, 5) is 25.3. The lowest BCUT2D eigenvalue weighted by Crippen LogP contribution is -2.35. The molecule has 7 heteroatoms. The molecule has 3 heterocycles. The first kappa shape index (κ1) is 23.2. The number of hydrogen-bond acceptors (Lipinski definition) is 6. The summed E-state index contributed by atoms with van der Waals surface area (Å²) in [7, 11) is 2.10. The number of phenols is 1. The van der Waals surface area contributed by atoms with E-state index < -0.39 is 0 Å². The number of nitrogens with one attached hydrogen (secondary N) is 1. The van der Waals surface area contributed by atoms with Crippen molar-refractivity contribution >= 4 is 11.0 Å². The van der Waals surface area contributed by atoms with Crippen LogP contribution in [0.4, 0.5) is 0 Å². The average Bonchev–Trinajstić information content (AvgIpc) is 3.31. The number of hydrogen-bond donors (Lipinski definition) is 2. The molecule has 2 aromatic carbocycles. The number of nitrogens with zero attached hydrogens (tertiary/aromatic N) is 4. The number of pyridine rings is 1. The highest BCUT2D eigenvalue weighted by Gasteiger charge is 2.21. The van der Waals surface area contributed by atoms with Crippen LogP contribution in [0.5, 0.6) is 5.75 Å². The summed E-state index contributed by atoms with van der Waals surface area (Å²) in [6.45, 7) is 6.72. The Bertz CT molecular complexity index is 1420. The topological polar surface area (TPSA) is 83.3 Å². The minimum atomic E-state index is -0.193. The van der Waals surface area contributed by atoms with E-state index in [2.05, 4.69) is 59.3 Å². The third kappa shape index (κ3) is 4.83. The average molecular weight is 470 g/mol. The molecule has 5 rings (SSSR count). The summed E-state index contributed by atoms with van der Waals surface area (Å²) in [6, 6.07) is 13.5. The standard InChI is InChI=1S/C28H31N5O2/c1-18-10-19(2)12-20(11-18)24-14-30-27-26(25(24)16-32(3)15-21-6-5-9-29-21)28(35)33(17-31-27)22-7-4-8-23(34)13-22/h4,7-8,10-14,17,21,29,34H,5-6,9,15-16H2,1-3H3/t21-/m1/s1. The van der Waals surface area contributed by atoms with Crippen molar-refractivity contribution in [1.82, 2.24) is 24.8 Å². The molecule has 7 nitrogen and oxygen atoms in total. The van der Waals surface area contributed by atoms with E-state index in [1.54, 1.807) is 24.3 Å². The number of fused-ring (bicyclic) bond motifs is 1. The maximum Gasteiger partial charge on any atom is 0.267 e. The van der Waals surface area contributed by atoms with Crippen LogP contribution in [0.1, 0.15) is 29.5 Å². The SMILES string of the molecule is Cc1cc(C)cc(-c2cnc3ncn(-c4cccc(O)c4)c(=O)c3c2CN(C)C[C@H]2CCCN2)c1. The monoisotopic (exact) mass is 469 g/mol. The zero-order chi connectivity index (χ0) is 24.5. The molecule has 0 aliphatic carbocycles. The summed E-state index contributed by atoms with van der Waals surface area (Å²) in [5, 5.41) is 14.0. The summed E-state index contributed by atoms with van der Waals surface area (Å²) in [6.07, 6.45) is 5.69. The molecule has 180 valence electrons. The highest BCUT2D eigenvalue weighted by molar-refractivity contribution is 5.86. The van der Waals surface area contributed by atoms with Crippen molar-refractivity contribution in [2.45, 2.75) is 39.3 Å². The molecule has 0 spiro atoms. The Morgan fingerprint density at radius 3 is 2.66 bits per heavy atom. The fourth-order valence-electron chi connectivity index (χ4n) is 5.14. The third-order valence-electron chi connectivity index (χ3n) is 6.66. The van der Waals surface area contributed by atoms with Crippen molar-refractivity contribution in [3.63, 3.8) is 0 Å². The van der Waals surface area contributed by atoms with Gasteiger partial charge in [-0.25, -0.2) is 9.97 Å². The largest absolute Gasteiger partial charge is 0.508 e. The molecule has 0 bridgehead atoms. The Labute approximate surface area is 205 Å². The van der Waals surface area contributed by atoms with Gasteiger partial charge in [-0.1, -0.05) is 35.4 Å². The predicted molar refractivity (Wildman–Crippen MR) is 139 cm³/mol. The number of aryl methyl sites for hydroxylation is 2. The molecule has 0 saturated carbocycles. The van der Waals surface area contributed by atoms with Crippen LogP contribution in [0.3, 0.4) is 0 Å². The van der Waals surface area contributed by atoms with Gasteiger partial charge in [-0.15, -0.1) is 0 Å². The lowest BCUT2D eigenvalue weighted by molar-refractivity contribution is 0.294. The smallest absolute Gasteiger partial charge is 0.267 e. The molecular formula is C28H31N5O2. The van der Waals surface area contributed by atoms with Gasteiger partial charge in [0.2, 0.25) is 0 Å². The molecule has 1 saturated heterocycles. The summed E-state index contributed by atoms with van der Waals surface area (Å²) >= 11 is 0. The first-order valence-electron chi connectivity index (χ1n) is 12.1. The van der Waals surface area contributed by atoms with Crippen LogP contribution < -0.4 is 10.9 Å². The molecule has 0 radical (unpaired) electrons. The number of aromatic hydroxyl groups is 1. The third-order valence-corrected chi connectivity index (χ3v) is 6.66. The molecular weight excluding hydrogens is 438 g/mol. The van der Waals surface area contributed by atoms with Gasteiger partial charge in [-0.3, -0.25) is 9.36 Å². The van der Waals surface area contributed by atoms with E-state index >= 15 is 0 Å². The molecule has 2 N–H and O–H groups in total. The minimum absolute atomic E-state index is 0.0978. The lowest BCUT2D eigenvalue weighted by atomic mass is 9.96. The van der Waals surface area contributed by atoms with Gasteiger partial charge in [0.25, 0.3) is 5.56 Å². The van der Waals surface area contributed by atoms with Crippen LogP contribution in [0.2, 0.25) is 0 Å². The zero-order valence-electron chi connectivity index (χ0n) is 20.5. The van der Waals surface area contributed by atoms with Gasteiger partial charge in [-0.2, -0.15) is 0 Å². The van der Waals surface area contributed by atoms with E-state index in [-0.39, 0.29) is 11.3 Å². The Morgan fingerprint density at radius 2 is 1.94 bits per heavy atom. The van der Waals surface area contributed by atoms with Crippen LogP contribution in [0.25, 0.3) is 27.8 Å². The zero-order valence-corrected chi connectivity index (χ0v) is 20.5. The van der Waals surface area contributed by atoms with Crippen LogP contribution in [0.15, 0.2) is 59.8 Å². The van der Waals surface area contributed by atoms with Crippen LogP contribution in [-0.2, 0) is 6.54 Å². The number of phenolic OH excluding ortho intramolecular Hbond substituents is 1. The quantitative estimate of drug-likeness (QED) is 0.445. The molecule has 1 aliphatic rings. The first-order valence-corrected chi connectivity index (χ1v) is 12.1. The van der Waals surface area contributed by atoms with E-state index in [9.17, 15) is 9.90 Å². The number of likely N-dealkylation sites (N-methyl/N-ethyl adjacent to an activating group) is 1. The normalized spacial score (nSPS) is 15.8. The Hall–Kier alpha value is -3.55. The van der Waals surface area contributed by atoms with E-state index in [0.717, 1.165) is 47.3 Å². The number of benzene rings is 2. The Balaban J connectivity index is 1.70. The molecule has 2 aromatic heterocycles. The van der Waals surface area contributed by atoms with Crippen molar-refractivity contribution in [2.24, 2.45) is 0 Å². The summed E-state index contributed by atoms with van der Waals surface area (Å²) in [5.74, 6) is 0.0978. The maximum absolute atomic E-state index is 13.9. The molecule has 35 heavy (non-hydrogen) atoms. The van der Waals surface area contributed by atoms with Crippen molar-refractivity contribution in [3.8, 4) is 22.6 Å². The second kappa shape index (κ2) is 9.60. The van der Waals surface area contributed by atoms with E-state index in [1.807, 2.05) is 6.20 Å². The van der Waals surface area contributed by atoms with Crippen LogP contribution in [-0.4, -0.2) is 50.7 Å². The fourth-order valence-corrected chi connectivity index (χ4v) is 5.14. The van der Waals surface area contributed by atoms with Gasteiger partial charge < -0.3 is 15.3 Å². The highest BCUT2D eigenvalue weighted by Crippen LogP contribution is 2.30. The van der Waals surface area contributed by atoms with Gasteiger partial charge in [0.05, 0.1) is 11.1 Å². The molecule has 1 aliphatic heterocycles. The molecule has 1 atom stereocenters. The van der Waals surface area contributed by atoms with Crippen molar-refractivity contribution in [2.75, 3.05) is 20.1 Å². The Kier molecular flexibility index (Phi) is 6.36. The Morgan fingerprint density at radius 1 is 1.14 bits per heavy atom. The van der Waals surface area contributed by atoms with Gasteiger partial charge in [-0.05, 0) is 63.5 Å². The van der Waals surface area contributed by atoms with Crippen LogP contribution >= 0.6 is 0 Å². The van der Waals surface area contributed by atoms with Crippen molar-refractivity contribution < 1.29 is 5.11 Å². The molecule has 0 unspecified atom stereocenters. The van der Waals surface area contributed by atoms with E-state index in [1.165, 1.54) is 17.3 Å². The van der Waals surface area contributed by atoms with E-state index in [0.29, 0.717) is 29.3 Å². The fraction of sp³-hybridized carbons (Fsp3) is 0.321. The number of rotatable bonds is 6. The highest BCUT2D eigenvalue weighted by atomic mass is 16.3. The summed E-state index contributed by atoms with van der Waals surface area (Å²) in [5.41, 5.74) is 6.05. The minimum Gasteiger partial charge on any atom is -0.508 e.